The van der Waals surface area contributed by atoms with Gasteiger partial charge in [-0.05, 0) is 23.1 Å². The molecule has 138 valence electrons. The third-order valence-corrected chi connectivity index (χ3v) is 4.97. The van der Waals surface area contributed by atoms with Gasteiger partial charge < -0.3 is 15.2 Å². The minimum absolute atomic E-state index is 0.0236. The van der Waals surface area contributed by atoms with Crippen LogP contribution in [0.25, 0.3) is 0 Å². The Morgan fingerprint density at radius 3 is 2.81 bits per heavy atom. The molecule has 1 atom stereocenters. The van der Waals surface area contributed by atoms with E-state index in [1.54, 1.807) is 18.2 Å². The Kier molecular flexibility index (Phi) is 4.91. The maximum Gasteiger partial charge on any atom is 0.205 e. The number of ether oxygens (including phenoxy) is 2. The second kappa shape index (κ2) is 7.02. The van der Waals surface area contributed by atoms with Crippen LogP contribution in [-0.4, -0.2) is 12.4 Å². The van der Waals surface area contributed by atoms with Gasteiger partial charge in [-0.1, -0.05) is 37.4 Å². The van der Waals surface area contributed by atoms with Crippen LogP contribution in [0.5, 0.6) is 5.75 Å². The fraction of sp³-hybridized carbons (Fsp3) is 0.333. The number of ketones is 1. The number of Topliss-reactive ketones (excluding diaryl/α,β-unsaturated/α-hetero) is 1. The van der Waals surface area contributed by atoms with E-state index in [4.69, 9.17) is 33.2 Å². The van der Waals surface area contributed by atoms with Crippen LogP contribution >= 0.6 is 11.6 Å². The van der Waals surface area contributed by atoms with Crippen LogP contribution < -0.4 is 10.5 Å². The summed E-state index contributed by atoms with van der Waals surface area (Å²) >= 11 is 6.31. The fourth-order valence-corrected chi connectivity index (χ4v) is 3.79. The van der Waals surface area contributed by atoms with Crippen LogP contribution in [0.4, 0.5) is 0 Å². The van der Waals surface area contributed by atoms with Crippen LogP contribution in [0.3, 0.4) is 0 Å². The summed E-state index contributed by atoms with van der Waals surface area (Å²) in [5.74, 6) is 2.71. The zero-order valence-electron chi connectivity index (χ0n) is 15.1. The van der Waals surface area contributed by atoms with Crippen molar-refractivity contribution in [2.45, 2.75) is 32.6 Å². The summed E-state index contributed by atoms with van der Waals surface area (Å²) in [6, 6.07) is 7.19. The largest absolute Gasteiger partial charge is 0.479 e. The molecule has 1 heterocycles. The minimum Gasteiger partial charge on any atom is -0.479 e. The van der Waals surface area contributed by atoms with Gasteiger partial charge in [-0.25, -0.2) is 0 Å². The van der Waals surface area contributed by atoms with Gasteiger partial charge in [-0.3, -0.25) is 4.79 Å². The first kappa shape index (κ1) is 18.9. The molecule has 5 nitrogen and oxygen atoms in total. The maximum atomic E-state index is 12.9. The molecule has 0 saturated heterocycles. The van der Waals surface area contributed by atoms with Crippen molar-refractivity contribution in [2.24, 2.45) is 11.1 Å². The summed E-state index contributed by atoms with van der Waals surface area (Å²) in [7, 11) is 0. The number of carbonyl (C=O) groups is 1. The summed E-state index contributed by atoms with van der Waals surface area (Å²) in [6.45, 7) is 4.10. The molecular formula is C21H19ClN2O3. The number of benzene rings is 1. The summed E-state index contributed by atoms with van der Waals surface area (Å²) in [5.41, 5.74) is 7.14. The number of nitrogens with zero attached hydrogens (tertiary/aromatic N) is 1. The molecule has 1 aromatic carbocycles. The number of hydrogen-bond donors (Lipinski definition) is 1. The van der Waals surface area contributed by atoms with Crippen molar-refractivity contribution in [2.75, 3.05) is 6.61 Å². The number of hydrogen-bond acceptors (Lipinski definition) is 5. The van der Waals surface area contributed by atoms with Gasteiger partial charge >= 0.3 is 0 Å². The summed E-state index contributed by atoms with van der Waals surface area (Å²) < 4.78 is 11.1. The Morgan fingerprint density at radius 2 is 2.19 bits per heavy atom. The lowest BCUT2D eigenvalue weighted by atomic mass is 9.70. The topological polar surface area (TPSA) is 85.3 Å². The molecule has 0 bridgehead atoms. The first-order chi connectivity index (χ1) is 12.8. The normalized spacial score (nSPS) is 21.1. The molecule has 0 amide bonds. The number of allylic oxidation sites excluding steroid dienone is 3. The third kappa shape index (κ3) is 3.52. The van der Waals surface area contributed by atoms with E-state index in [-0.39, 0.29) is 29.3 Å². The van der Waals surface area contributed by atoms with Crippen LogP contribution in [0.2, 0.25) is 5.02 Å². The number of nitrogens with two attached hydrogens (primary N) is 1. The standard InChI is InChI=1S/C21H19ClN2O3/c1-4-7-26-16-6-5-12(8-14(16)22)18-13(11-23)20(24)27-17-10-21(2,3)9-15(25)19(17)18/h1,5-6,8,18H,7,9-10,24H2,2-3H3. The Labute approximate surface area is 163 Å². The Hall–Kier alpha value is -2.89. The third-order valence-electron chi connectivity index (χ3n) is 4.68. The molecule has 2 N–H and O–H groups in total. The second-order valence-corrected chi connectivity index (χ2v) is 7.79. The molecule has 0 fully saturated rings. The zero-order chi connectivity index (χ0) is 19.8. The van der Waals surface area contributed by atoms with E-state index >= 15 is 0 Å². The molecule has 0 aromatic heterocycles. The van der Waals surface area contributed by atoms with Crippen molar-refractivity contribution >= 4 is 17.4 Å². The fourth-order valence-electron chi connectivity index (χ4n) is 3.55. The van der Waals surface area contributed by atoms with Crippen molar-refractivity contribution in [1.82, 2.24) is 0 Å². The van der Waals surface area contributed by atoms with E-state index in [9.17, 15) is 10.1 Å². The highest BCUT2D eigenvalue weighted by Crippen LogP contribution is 2.48. The zero-order valence-corrected chi connectivity index (χ0v) is 15.9. The number of nitriles is 1. The molecule has 27 heavy (non-hydrogen) atoms. The Balaban J connectivity index is 2.10. The van der Waals surface area contributed by atoms with Crippen molar-refractivity contribution in [3.8, 4) is 24.2 Å². The molecule has 6 heteroatoms. The van der Waals surface area contributed by atoms with Gasteiger partial charge in [0.25, 0.3) is 0 Å². The first-order valence-corrected chi connectivity index (χ1v) is 8.84. The second-order valence-electron chi connectivity index (χ2n) is 7.39. The van der Waals surface area contributed by atoms with Gasteiger partial charge in [-0.2, -0.15) is 5.26 Å². The highest BCUT2D eigenvalue weighted by atomic mass is 35.5. The van der Waals surface area contributed by atoms with Gasteiger partial charge in [-0.15, -0.1) is 6.42 Å². The van der Waals surface area contributed by atoms with Crippen molar-refractivity contribution < 1.29 is 14.3 Å². The van der Waals surface area contributed by atoms with Crippen LogP contribution in [0.15, 0.2) is 41.0 Å². The predicted molar refractivity (Wildman–Crippen MR) is 101 cm³/mol. The highest BCUT2D eigenvalue weighted by molar-refractivity contribution is 6.32. The van der Waals surface area contributed by atoms with Crippen LogP contribution in [0.1, 0.15) is 38.2 Å². The molecule has 0 saturated carbocycles. The number of rotatable bonds is 3. The van der Waals surface area contributed by atoms with Gasteiger partial charge in [0.1, 0.15) is 29.8 Å². The smallest absolute Gasteiger partial charge is 0.205 e. The van der Waals surface area contributed by atoms with E-state index in [0.717, 1.165) is 0 Å². The summed E-state index contributed by atoms with van der Waals surface area (Å²) in [5, 5.41) is 9.97. The quantitative estimate of drug-likeness (QED) is 0.803. The molecule has 2 aliphatic rings. The predicted octanol–water partition coefficient (Wildman–Crippen LogP) is 3.80. The molecule has 1 aromatic rings. The number of carbonyl (C=O) groups excluding carboxylic acids is 1. The SMILES string of the molecule is C#CCOc1ccc(C2C(C#N)=C(N)OC3=C2C(=O)CC(C)(C)C3)cc1Cl. The minimum atomic E-state index is -0.610. The van der Waals surface area contributed by atoms with Crippen LogP contribution in [0, 0.1) is 29.1 Å². The Morgan fingerprint density at radius 1 is 1.44 bits per heavy atom. The van der Waals surface area contributed by atoms with Gasteiger partial charge in [0, 0.05) is 18.4 Å². The van der Waals surface area contributed by atoms with Gasteiger partial charge in [0.05, 0.1) is 10.9 Å². The molecule has 0 spiro atoms. The lowest BCUT2D eigenvalue weighted by Crippen LogP contribution is -2.33. The lowest BCUT2D eigenvalue weighted by Gasteiger charge is -2.37. The molecular weight excluding hydrogens is 364 g/mol. The molecule has 3 rings (SSSR count). The lowest BCUT2D eigenvalue weighted by molar-refractivity contribution is -0.119. The summed E-state index contributed by atoms with van der Waals surface area (Å²) in [6.07, 6.45) is 6.15. The average molecular weight is 383 g/mol. The molecule has 1 aliphatic carbocycles. The van der Waals surface area contributed by atoms with E-state index in [1.807, 2.05) is 13.8 Å². The molecule has 1 unspecified atom stereocenters. The summed E-state index contributed by atoms with van der Waals surface area (Å²) in [4.78, 5) is 12.9. The van der Waals surface area contributed by atoms with Crippen molar-refractivity contribution in [3.63, 3.8) is 0 Å². The molecule has 0 radical (unpaired) electrons. The highest BCUT2D eigenvalue weighted by Gasteiger charge is 2.43. The van der Waals surface area contributed by atoms with E-state index < -0.39 is 5.92 Å². The van der Waals surface area contributed by atoms with E-state index in [0.29, 0.717) is 40.5 Å². The molecule has 1 aliphatic heterocycles. The van der Waals surface area contributed by atoms with Crippen LogP contribution in [-0.2, 0) is 9.53 Å². The van der Waals surface area contributed by atoms with Crippen molar-refractivity contribution in [3.05, 3.63) is 51.6 Å². The first-order valence-electron chi connectivity index (χ1n) is 8.47. The number of halogens is 1. The average Bonchev–Trinajstić information content (AvgIpc) is 2.58. The monoisotopic (exact) mass is 382 g/mol. The number of terminal acetylenes is 1. The van der Waals surface area contributed by atoms with E-state index in [2.05, 4.69) is 12.0 Å². The maximum absolute atomic E-state index is 12.9. The van der Waals surface area contributed by atoms with Gasteiger partial charge in [0.15, 0.2) is 5.78 Å². The van der Waals surface area contributed by atoms with Gasteiger partial charge in [0.2, 0.25) is 5.88 Å². The Bertz CT molecular complexity index is 961. The van der Waals surface area contributed by atoms with E-state index in [1.165, 1.54) is 0 Å². The van der Waals surface area contributed by atoms with Crippen molar-refractivity contribution in [1.29, 1.82) is 5.26 Å².